The Hall–Kier alpha value is -2.49. The number of carbonyl (C=O) groups excluding carboxylic acids is 1. The quantitative estimate of drug-likeness (QED) is 0.452. The molecule has 0 aliphatic carbocycles. The highest BCUT2D eigenvalue weighted by Crippen LogP contribution is 2.32. The summed E-state index contributed by atoms with van der Waals surface area (Å²) in [4.78, 5) is 21.9. The number of halogens is 2. The SMILES string of the molecule is Cc1sc(NC(=O)c2csc(-c3ccsc3)n2)nc1-c1ccc(F)c(F)c1. The Balaban J connectivity index is 1.55. The summed E-state index contributed by atoms with van der Waals surface area (Å²) in [5.41, 5.74) is 2.25. The van der Waals surface area contributed by atoms with E-state index in [0.717, 1.165) is 27.6 Å². The second kappa shape index (κ2) is 7.26. The summed E-state index contributed by atoms with van der Waals surface area (Å²) in [6.07, 6.45) is 0. The van der Waals surface area contributed by atoms with Gasteiger partial charge in [-0.05, 0) is 36.6 Å². The first-order valence-electron chi connectivity index (χ1n) is 7.73. The van der Waals surface area contributed by atoms with Crippen molar-refractivity contribution < 1.29 is 13.6 Å². The van der Waals surface area contributed by atoms with E-state index < -0.39 is 11.6 Å². The van der Waals surface area contributed by atoms with Gasteiger partial charge in [0.05, 0.1) is 5.69 Å². The highest BCUT2D eigenvalue weighted by molar-refractivity contribution is 7.16. The molecule has 1 aromatic carbocycles. The number of amides is 1. The van der Waals surface area contributed by atoms with E-state index in [0.29, 0.717) is 22.1 Å². The minimum absolute atomic E-state index is 0.309. The fourth-order valence-electron chi connectivity index (χ4n) is 2.42. The van der Waals surface area contributed by atoms with Crippen molar-refractivity contribution in [1.82, 2.24) is 9.97 Å². The minimum Gasteiger partial charge on any atom is -0.296 e. The van der Waals surface area contributed by atoms with E-state index in [-0.39, 0.29) is 5.91 Å². The molecule has 0 fully saturated rings. The number of rotatable bonds is 4. The molecule has 3 aromatic heterocycles. The van der Waals surface area contributed by atoms with Gasteiger partial charge in [-0.1, -0.05) is 0 Å². The lowest BCUT2D eigenvalue weighted by Crippen LogP contribution is -2.12. The summed E-state index contributed by atoms with van der Waals surface area (Å²) < 4.78 is 26.6. The van der Waals surface area contributed by atoms with E-state index in [9.17, 15) is 13.6 Å². The number of hydrogen-bond donors (Lipinski definition) is 1. The number of hydrogen-bond acceptors (Lipinski definition) is 6. The van der Waals surface area contributed by atoms with E-state index in [1.165, 1.54) is 28.7 Å². The molecule has 1 amide bonds. The summed E-state index contributed by atoms with van der Waals surface area (Å²) in [6, 6.07) is 5.56. The van der Waals surface area contributed by atoms with Crippen LogP contribution in [0.3, 0.4) is 0 Å². The van der Waals surface area contributed by atoms with Gasteiger partial charge >= 0.3 is 0 Å². The summed E-state index contributed by atoms with van der Waals surface area (Å²) in [6.45, 7) is 1.81. The first-order chi connectivity index (χ1) is 13.0. The van der Waals surface area contributed by atoms with E-state index in [4.69, 9.17) is 0 Å². The van der Waals surface area contributed by atoms with Crippen molar-refractivity contribution in [2.24, 2.45) is 0 Å². The number of nitrogens with zero attached hydrogens (tertiary/aromatic N) is 2. The fourth-order valence-corrected chi connectivity index (χ4v) is 4.76. The molecule has 27 heavy (non-hydrogen) atoms. The Morgan fingerprint density at radius 1 is 1.07 bits per heavy atom. The number of nitrogens with one attached hydrogen (secondary N) is 1. The maximum absolute atomic E-state index is 13.5. The van der Waals surface area contributed by atoms with Crippen LogP contribution in [0, 0.1) is 18.6 Å². The molecule has 0 radical (unpaired) electrons. The smallest absolute Gasteiger partial charge is 0.276 e. The molecule has 1 N–H and O–H groups in total. The van der Waals surface area contributed by atoms with Gasteiger partial charge in [0, 0.05) is 26.8 Å². The molecule has 0 aliphatic rings. The van der Waals surface area contributed by atoms with E-state index in [1.807, 2.05) is 16.8 Å². The lowest BCUT2D eigenvalue weighted by atomic mass is 10.1. The number of aryl methyl sites for hydroxylation is 1. The van der Waals surface area contributed by atoms with Gasteiger partial charge in [-0.25, -0.2) is 18.7 Å². The Kier molecular flexibility index (Phi) is 4.81. The molecule has 4 nitrogen and oxygen atoms in total. The third kappa shape index (κ3) is 3.66. The van der Waals surface area contributed by atoms with Gasteiger partial charge in [0.25, 0.3) is 5.91 Å². The van der Waals surface area contributed by atoms with E-state index in [2.05, 4.69) is 15.3 Å². The van der Waals surface area contributed by atoms with Crippen molar-refractivity contribution >= 4 is 45.0 Å². The van der Waals surface area contributed by atoms with Gasteiger partial charge < -0.3 is 0 Å². The van der Waals surface area contributed by atoms with Gasteiger partial charge in [-0.15, -0.1) is 22.7 Å². The molecule has 0 spiro atoms. The van der Waals surface area contributed by atoms with Crippen LogP contribution in [-0.2, 0) is 0 Å². The van der Waals surface area contributed by atoms with Crippen molar-refractivity contribution in [3.63, 3.8) is 0 Å². The molecule has 4 aromatic rings. The first-order valence-corrected chi connectivity index (χ1v) is 10.4. The molecule has 0 saturated heterocycles. The Morgan fingerprint density at radius 2 is 1.93 bits per heavy atom. The molecule has 4 rings (SSSR count). The number of thiophene rings is 1. The summed E-state index contributed by atoms with van der Waals surface area (Å²) in [5.74, 6) is -2.21. The molecular formula is C18H11F2N3OS3. The summed E-state index contributed by atoms with van der Waals surface area (Å²) in [7, 11) is 0. The normalized spacial score (nSPS) is 10.9. The van der Waals surface area contributed by atoms with Crippen LogP contribution in [0.5, 0.6) is 0 Å². The zero-order chi connectivity index (χ0) is 19.0. The molecule has 3 heterocycles. The molecule has 0 saturated carbocycles. The van der Waals surface area contributed by atoms with Crippen molar-refractivity contribution in [1.29, 1.82) is 0 Å². The third-order valence-electron chi connectivity index (χ3n) is 3.72. The maximum atomic E-state index is 13.5. The Labute approximate surface area is 165 Å². The van der Waals surface area contributed by atoms with Gasteiger partial charge in [0.15, 0.2) is 16.8 Å². The molecule has 0 bridgehead atoms. The molecule has 136 valence electrons. The predicted molar refractivity (Wildman–Crippen MR) is 106 cm³/mol. The van der Waals surface area contributed by atoms with Crippen LogP contribution in [0.2, 0.25) is 0 Å². The lowest BCUT2D eigenvalue weighted by molar-refractivity contribution is 0.102. The monoisotopic (exact) mass is 419 g/mol. The Bertz CT molecular complexity index is 1120. The molecule has 0 aliphatic heterocycles. The van der Waals surface area contributed by atoms with Crippen molar-refractivity contribution in [2.75, 3.05) is 5.32 Å². The largest absolute Gasteiger partial charge is 0.296 e. The van der Waals surface area contributed by atoms with Crippen LogP contribution in [-0.4, -0.2) is 15.9 Å². The van der Waals surface area contributed by atoms with Crippen molar-refractivity contribution in [3.8, 4) is 21.8 Å². The van der Waals surface area contributed by atoms with Crippen LogP contribution in [0.25, 0.3) is 21.8 Å². The number of anilines is 1. The van der Waals surface area contributed by atoms with Crippen LogP contribution in [0.15, 0.2) is 40.4 Å². The number of thiazole rings is 2. The standard InChI is InChI=1S/C18H11F2N3OS3/c1-9-15(10-2-3-12(19)13(20)6-10)22-18(27-9)23-16(24)14-8-26-17(21-14)11-4-5-25-7-11/h2-8H,1H3,(H,22,23,24). The topological polar surface area (TPSA) is 54.9 Å². The zero-order valence-electron chi connectivity index (χ0n) is 13.8. The van der Waals surface area contributed by atoms with Crippen LogP contribution < -0.4 is 5.32 Å². The molecular weight excluding hydrogens is 408 g/mol. The number of aromatic nitrogens is 2. The van der Waals surface area contributed by atoms with Gasteiger partial charge in [-0.2, -0.15) is 11.3 Å². The van der Waals surface area contributed by atoms with Crippen LogP contribution in [0.1, 0.15) is 15.4 Å². The fraction of sp³-hybridized carbons (Fsp3) is 0.0556. The van der Waals surface area contributed by atoms with Crippen molar-refractivity contribution in [3.05, 3.63) is 62.6 Å². The molecule has 0 atom stereocenters. The second-order valence-corrected chi connectivity index (χ2v) is 8.40. The average molecular weight is 420 g/mol. The zero-order valence-corrected chi connectivity index (χ0v) is 16.3. The van der Waals surface area contributed by atoms with Crippen molar-refractivity contribution in [2.45, 2.75) is 6.92 Å². The van der Waals surface area contributed by atoms with Crippen LogP contribution >= 0.6 is 34.0 Å². The average Bonchev–Trinajstić information content (AvgIpc) is 3.37. The van der Waals surface area contributed by atoms with Gasteiger partial charge in [0.2, 0.25) is 0 Å². The second-order valence-electron chi connectivity index (χ2n) is 5.56. The minimum atomic E-state index is -0.936. The molecule has 0 unspecified atom stereocenters. The van der Waals surface area contributed by atoms with Gasteiger partial charge in [-0.3, -0.25) is 10.1 Å². The third-order valence-corrected chi connectivity index (χ3v) is 6.18. The van der Waals surface area contributed by atoms with Gasteiger partial charge in [0.1, 0.15) is 10.7 Å². The van der Waals surface area contributed by atoms with Crippen LogP contribution in [0.4, 0.5) is 13.9 Å². The Morgan fingerprint density at radius 3 is 2.67 bits per heavy atom. The number of carbonyl (C=O) groups is 1. The summed E-state index contributed by atoms with van der Waals surface area (Å²) in [5, 5.41) is 9.49. The molecule has 9 heteroatoms. The van der Waals surface area contributed by atoms with E-state index >= 15 is 0 Å². The van der Waals surface area contributed by atoms with E-state index in [1.54, 1.807) is 23.6 Å². The first kappa shape index (κ1) is 17.9. The highest BCUT2D eigenvalue weighted by atomic mass is 32.1. The predicted octanol–water partition coefficient (Wildman–Crippen LogP) is 5.83. The summed E-state index contributed by atoms with van der Waals surface area (Å²) >= 11 is 4.23. The highest BCUT2D eigenvalue weighted by Gasteiger charge is 2.17. The maximum Gasteiger partial charge on any atom is 0.276 e. The lowest BCUT2D eigenvalue weighted by Gasteiger charge is -2.00. The number of benzene rings is 1.